The minimum Gasteiger partial charge on any atom is -0.374 e. The molecular formula is C14H28N4O4. The molecule has 1 aliphatic rings. The Morgan fingerprint density at radius 2 is 1.36 bits per heavy atom. The molecule has 4 atom stereocenters. The Morgan fingerprint density at radius 1 is 0.955 bits per heavy atom. The summed E-state index contributed by atoms with van der Waals surface area (Å²) in [6.45, 7) is 4.10. The van der Waals surface area contributed by atoms with Crippen molar-refractivity contribution in [2.45, 2.75) is 52.0 Å². The SMILES string of the molecule is CC(O)NC(=O)NCC1CCCC(CNC(=O)NC(C)O)C1. The van der Waals surface area contributed by atoms with Crippen molar-refractivity contribution in [3.05, 3.63) is 0 Å². The molecule has 0 saturated heterocycles. The zero-order valence-corrected chi connectivity index (χ0v) is 13.3. The Kier molecular flexibility index (Phi) is 7.97. The van der Waals surface area contributed by atoms with Crippen LogP contribution in [-0.2, 0) is 0 Å². The molecule has 128 valence electrons. The summed E-state index contributed by atoms with van der Waals surface area (Å²) in [5.74, 6) is 0.750. The smallest absolute Gasteiger partial charge is 0.316 e. The van der Waals surface area contributed by atoms with Gasteiger partial charge >= 0.3 is 12.1 Å². The van der Waals surface area contributed by atoms with Crippen LogP contribution in [0.2, 0.25) is 0 Å². The second-order valence-electron chi connectivity index (χ2n) is 5.96. The van der Waals surface area contributed by atoms with E-state index in [1.807, 2.05) is 0 Å². The van der Waals surface area contributed by atoms with Crippen LogP contribution in [-0.4, -0.2) is 47.8 Å². The molecule has 1 aliphatic carbocycles. The maximum absolute atomic E-state index is 11.4. The number of nitrogens with one attached hydrogen (secondary N) is 4. The highest BCUT2D eigenvalue weighted by Gasteiger charge is 2.23. The van der Waals surface area contributed by atoms with Gasteiger partial charge in [-0.25, -0.2) is 9.59 Å². The summed E-state index contributed by atoms with van der Waals surface area (Å²) in [4.78, 5) is 22.8. The van der Waals surface area contributed by atoms with E-state index in [9.17, 15) is 9.59 Å². The van der Waals surface area contributed by atoms with E-state index < -0.39 is 12.5 Å². The first-order valence-corrected chi connectivity index (χ1v) is 7.81. The van der Waals surface area contributed by atoms with Crippen LogP contribution in [0.5, 0.6) is 0 Å². The second-order valence-corrected chi connectivity index (χ2v) is 5.96. The molecule has 4 amide bonds. The first-order chi connectivity index (χ1) is 10.4. The average Bonchev–Trinajstić information content (AvgIpc) is 2.42. The molecule has 0 bridgehead atoms. The number of hydrogen-bond donors (Lipinski definition) is 6. The van der Waals surface area contributed by atoms with Crippen molar-refractivity contribution in [3.63, 3.8) is 0 Å². The van der Waals surface area contributed by atoms with E-state index in [0.29, 0.717) is 24.9 Å². The molecule has 8 heteroatoms. The summed E-state index contributed by atoms with van der Waals surface area (Å²) < 4.78 is 0. The zero-order valence-electron chi connectivity index (χ0n) is 13.3. The van der Waals surface area contributed by atoms with Gasteiger partial charge in [0.05, 0.1) is 0 Å². The van der Waals surface area contributed by atoms with Crippen LogP contribution in [0.3, 0.4) is 0 Å². The maximum Gasteiger partial charge on any atom is 0.316 e. The molecule has 22 heavy (non-hydrogen) atoms. The summed E-state index contributed by atoms with van der Waals surface area (Å²) >= 11 is 0. The van der Waals surface area contributed by atoms with Gasteiger partial charge in [0.2, 0.25) is 0 Å². The molecular weight excluding hydrogens is 288 g/mol. The number of urea groups is 2. The number of hydrogen-bond acceptors (Lipinski definition) is 4. The molecule has 0 spiro atoms. The molecule has 0 aromatic carbocycles. The third kappa shape index (κ3) is 8.04. The fourth-order valence-electron chi connectivity index (χ4n) is 2.73. The van der Waals surface area contributed by atoms with Gasteiger partial charge in [-0.2, -0.15) is 0 Å². The summed E-state index contributed by atoms with van der Waals surface area (Å²) in [7, 11) is 0. The number of carbonyl (C=O) groups excluding carboxylic acids is 2. The van der Waals surface area contributed by atoms with Gasteiger partial charge in [-0.05, 0) is 44.9 Å². The molecule has 4 unspecified atom stereocenters. The topological polar surface area (TPSA) is 123 Å². The summed E-state index contributed by atoms with van der Waals surface area (Å²) in [5.41, 5.74) is 0. The van der Waals surface area contributed by atoms with Crippen LogP contribution in [0.15, 0.2) is 0 Å². The lowest BCUT2D eigenvalue weighted by atomic mass is 9.81. The van der Waals surface area contributed by atoms with Crippen LogP contribution in [0, 0.1) is 11.8 Å². The third-order valence-corrected chi connectivity index (χ3v) is 3.67. The summed E-state index contributed by atoms with van der Waals surface area (Å²) in [6.07, 6.45) is 2.36. The fraction of sp³-hybridized carbons (Fsp3) is 0.857. The number of aliphatic hydroxyl groups is 2. The van der Waals surface area contributed by atoms with E-state index in [1.54, 1.807) is 0 Å². The van der Waals surface area contributed by atoms with Gasteiger partial charge in [0.1, 0.15) is 12.5 Å². The van der Waals surface area contributed by atoms with Crippen LogP contribution < -0.4 is 21.3 Å². The number of aliphatic hydroxyl groups excluding tert-OH is 2. The summed E-state index contributed by atoms with van der Waals surface area (Å²) in [6, 6.07) is -0.738. The van der Waals surface area contributed by atoms with E-state index in [0.717, 1.165) is 25.7 Å². The number of amides is 4. The average molecular weight is 316 g/mol. The summed E-state index contributed by atoms with van der Waals surface area (Å²) in [5, 5.41) is 28.3. The molecule has 8 nitrogen and oxygen atoms in total. The standard InChI is InChI=1S/C14H28N4O4/c1-9(19)17-13(21)15-7-11-4-3-5-12(6-11)8-16-14(22)18-10(2)20/h9-12,19-20H,3-8H2,1-2H3,(H2,15,17,21)(H2,16,18,22). The number of carbonyl (C=O) groups is 2. The first-order valence-electron chi connectivity index (χ1n) is 7.81. The van der Waals surface area contributed by atoms with Gasteiger partial charge in [0.25, 0.3) is 0 Å². The molecule has 0 aromatic rings. The molecule has 0 aliphatic heterocycles. The molecule has 0 heterocycles. The Bertz CT molecular complexity index is 331. The van der Waals surface area contributed by atoms with Crippen LogP contribution in [0.4, 0.5) is 9.59 Å². The van der Waals surface area contributed by atoms with E-state index in [1.165, 1.54) is 13.8 Å². The van der Waals surface area contributed by atoms with E-state index in [2.05, 4.69) is 21.3 Å². The lowest BCUT2D eigenvalue weighted by Crippen LogP contribution is -2.44. The lowest BCUT2D eigenvalue weighted by Gasteiger charge is -2.29. The maximum atomic E-state index is 11.4. The van der Waals surface area contributed by atoms with Crippen molar-refractivity contribution in [2.75, 3.05) is 13.1 Å². The van der Waals surface area contributed by atoms with Crippen molar-refractivity contribution >= 4 is 12.1 Å². The van der Waals surface area contributed by atoms with Gasteiger partial charge in [0.15, 0.2) is 0 Å². The molecule has 1 fully saturated rings. The van der Waals surface area contributed by atoms with Crippen LogP contribution in [0.25, 0.3) is 0 Å². The highest BCUT2D eigenvalue weighted by molar-refractivity contribution is 5.74. The van der Waals surface area contributed by atoms with E-state index in [4.69, 9.17) is 10.2 Å². The Balaban J connectivity index is 2.23. The molecule has 1 saturated carbocycles. The predicted molar refractivity (Wildman–Crippen MR) is 81.9 cm³/mol. The molecule has 0 radical (unpaired) electrons. The molecule has 0 aromatic heterocycles. The van der Waals surface area contributed by atoms with E-state index >= 15 is 0 Å². The largest absolute Gasteiger partial charge is 0.374 e. The van der Waals surface area contributed by atoms with Gasteiger partial charge in [-0.15, -0.1) is 0 Å². The van der Waals surface area contributed by atoms with Crippen molar-refractivity contribution in [3.8, 4) is 0 Å². The molecule has 6 N–H and O–H groups in total. The molecule has 1 rings (SSSR count). The van der Waals surface area contributed by atoms with E-state index in [-0.39, 0.29) is 12.1 Å². The normalized spacial score (nSPS) is 24.0. The first kappa shape index (κ1) is 18.5. The Labute approximate surface area is 131 Å². The number of rotatable bonds is 6. The van der Waals surface area contributed by atoms with Gasteiger partial charge in [-0.1, -0.05) is 6.42 Å². The van der Waals surface area contributed by atoms with Crippen molar-refractivity contribution < 1.29 is 19.8 Å². The van der Waals surface area contributed by atoms with Gasteiger partial charge in [0, 0.05) is 13.1 Å². The van der Waals surface area contributed by atoms with Crippen molar-refractivity contribution in [1.29, 1.82) is 0 Å². The van der Waals surface area contributed by atoms with Crippen LogP contribution in [0.1, 0.15) is 39.5 Å². The minimum atomic E-state index is -0.865. The third-order valence-electron chi connectivity index (χ3n) is 3.67. The lowest BCUT2D eigenvalue weighted by molar-refractivity contribution is 0.155. The van der Waals surface area contributed by atoms with Crippen molar-refractivity contribution in [1.82, 2.24) is 21.3 Å². The fourth-order valence-corrected chi connectivity index (χ4v) is 2.73. The predicted octanol–water partition coefficient (Wildman–Crippen LogP) is 0.0678. The Hall–Kier alpha value is -1.54. The zero-order chi connectivity index (χ0) is 16.5. The van der Waals surface area contributed by atoms with Gasteiger partial charge in [-0.3, -0.25) is 0 Å². The van der Waals surface area contributed by atoms with Crippen LogP contribution >= 0.6 is 0 Å². The monoisotopic (exact) mass is 316 g/mol. The minimum absolute atomic E-state index is 0.369. The second kappa shape index (κ2) is 9.47. The quantitative estimate of drug-likeness (QED) is 0.388. The highest BCUT2D eigenvalue weighted by Crippen LogP contribution is 2.28. The van der Waals surface area contributed by atoms with Gasteiger partial charge < -0.3 is 31.5 Å². The van der Waals surface area contributed by atoms with Crippen molar-refractivity contribution in [2.24, 2.45) is 11.8 Å². The Morgan fingerprint density at radius 3 is 1.73 bits per heavy atom. The highest BCUT2D eigenvalue weighted by atomic mass is 16.3.